The summed E-state index contributed by atoms with van der Waals surface area (Å²) in [5, 5.41) is 0. The van der Waals surface area contributed by atoms with E-state index in [2.05, 4.69) is 35.0 Å². The number of nitrogens with zero attached hydrogens (tertiary/aromatic N) is 1. The normalized spacial score (nSPS) is 15.3. The zero-order valence-corrected chi connectivity index (χ0v) is 19.7. The van der Waals surface area contributed by atoms with E-state index in [9.17, 15) is 4.79 Å². The summed E-state index contributed by atoms with van der Waals surface area (Å²) in [6.07, 6.45) is 1.84. The molecule has 0 atom stereocenters. The first-order valence-electron chi connectivity index (χ1n) is 9.33. The summed E-state index contributed by atoms with van der Waals surface area (Å²) >= 11 is 10.2. The average molecular weight is 492 g/mol. The minimum Gasteiger partial charge on any atom is -0.490 e. The van der Waals surface area contributed by atoms with Crippen LogP contribution in [-0.4, -0.2) is 28.3 Å². The Kier molecular flexibility index (Phi) is 7.38. The fraction of sp³-hybridized carbons (Fsp3) is 0.273. The van der Waals surface area contributed by atoms with Gasteiger partial charge in [0.2, 0.25) is 0 Å². The average Bonchev–Trinajstić information content (AvgIpc) is 2.95. The van der Waals surface area contributed by atoms with Crippen LogP contribution in [0.5, 0.6) is 11.5 Å². The van der Waals surface area contributed by atoms with Crippen molar-refractivity contribution >= 4 is 56.2 Å². The first-order valence-corrected chi connectivity index (χ1v) is 11.3. The number of ether oxygens (including phenoxy) is 2. The lowest BCUT2D eigenvalue weighted by Crippen LogP contribution is -2.27. The number of rotatable bonds is 7. The van der Waals surface area contributed by atoms with E-state index in [0.717, 1.165) is 15.6 Å². The van der Waals surface area contributed by atoms with Gasteiger partial charge in [-0.15, -0.1) is 0 Å². The second kappa shape index (κ2) is 9.78. The number of benzene rings is 2. The molecule has 2 aromatic carbocycles. The van der Waals surface area contributed by atoms with E-state index >= 15 is 0 Å². The first-order chi connectivity index (χ1) is 13.9. The molecule has 0 N–H and O–H groups in total. The van der Waals surface area contributed by atoms with Crippen molar-refractivity contribution in [2.45, 2.75) is 27.4 Å². The molecular weight excluding hydrogens is 470 g/mol. The summed E-state index contributed by atoms with van der Waals surface area (Å²) < 4.78 is 13.2. The van der Waals surface area contributed by atoms with Crippen LogP contribution < -0.4 is 9.47 Å². The molecule has 29 heavy (non-hydrogen) atoms. The van der Waals surface area contributed by atoms with Crippen molar-refractivity contribution in [2.75, 3.05) is 13.2 Å². The lowest BCUT2D eigenvalue weighted by molar-refractivity contribution is -0.121. The fourth-order valence-electron chi connectivity index (χ4n) is 2.84. The second-order valence-corrected chi connectivity index (χ2v) is 8.99. The molecule has 0 bridgehead atoms. The third-order valence-corrected chi connectivity index (χ3v) is 6.29. The molecule has 0 unspecified atom stereocenters. The van der Waals surface area contributed by atoms with Crippen molar-refractivity contribution in [2.24, 2.45) is 0 Å². The number of hydrogen-bond donors (Lipinski definition) is 0. The number of thiocarbonyl (C=S) groups is 1. The van der Waals surface area contributed by atoms with Gasteiger partial charge in [-0.2, -0.15) is 0 Å². The lowest BCUT2D eigenvalue weighted by atomic mass is 10.1. The molecule has 1 aliphatic heterocycles. The van der Waals surface area contributed by atoms with Crippen molar-refractivity contribution in [1.29, 1.82) is 0 Å². The summed E-state index contributed by atoms with van der Waals surface area (Å²) in [4.78, 5) is 14.7. The molecule has 0 aliphatic carbocycles. The highest BCUT2D eigenvalue weighted by molar-refractivity contribution is 9.10. The van der Waals surface area contributed by atoms with E-state index in [1.165, 1.54) is 17.3 Å². The Balaban J connectivity index is 1.86. The van der Waals surface area contributed by atoms with Gasteiger partial charge in [0.1, 0.15) is 10.9 Å². The van der Waals surface area contributed by atoms with Gasteiger partial charge in [0, 0.05) is 6.54 Å². The molecule has 4 nitrogen and oxygen atoms in total. The molecule has 1 aliphatic rings. The van der Waals surface area contributed by atoms with Gasteiger partial charge < -0.3 is 9.47 Å². The van der Waals surface area contributed by atoms with Crippen LogP contribution >= 0.6 is 39.9 Å². The van der Waals surface area contributed by atoms with Gasteiger partial charge in [-0.25, -0.2) is 0 Å². The van der Waals surface area contributed by atoms with E-state index in [4.69, 9.17) is 21.7 Å². The van der Waals surface area contributed by atoms with E-state index < -0.39 is 0 Å². The van der Waals surface area contributed by atoms with Crippen LogP contribution in [0.2, 0.25) is 0 Å². The third-order valence-electron chi connectivity index (χ3n) is 4.32. The monoisotopic (exact) mass is 491 g/mol. The van der Waals surface area contributed by atoms with Gasteiger partial charge in [-0.1, -0.05) is 53.8 Å². The number of hydrogen-bond acceptors (Lipinski definition) is 5. The number of carbonyl (C=O) groups is 1. The van der Waals surface area contributed by atoms with Crippen LogP contribution in [0.4, 0.5) is 0 Å². The predicted molar refractivity (Wildman–Crippen MR) is 126 cm³/mol. The Hall–Kier alpha value is -1.83. The Bertz CT molecular complexity index is 957. The Morgan fingerprint density at radius 2 is 1.90 bits per heavy atom. The van der Waals surface area contributed by atoms with E-state index in [0.29, 0.717) is 40.5 Å². The highest BCUT2D eigenvalue weighted by atomic mass is 79.9. The Morgan fingerprint density at radius 3 is 2.52 bits per heavy atom. The summed E-state index contributed by atoms with van der Waals surface area (Å²) in [5.41, 5.74) is 3.14. The number of amides is 1. The Morgan fingerprint density at radius 1 is 1.17 bits per heavy atom. The molecule has 1 heterocycles. The molecule has 0 radical (unpaired) electrons. The second-order valence-electron chi connectivity index (χ2n) is 6.46. The quantitative estimate of drug-likeness (QED) is 0.353. The third kappa shape index (κ3) is 5.21. The van der Waals surface area contributed by atoms with Gasteiger partial charge in [0.25, 0.3) is 5.91 Å². The van der Waals surface area contributed by atoms with Crippen molar-refractivity contribution in [3.05, 3.63) is 62.5 Å². The van der Waals surface area contributed by atoms with E-state index in [-0.39, 0.29) is 5.91 Å². The van der Waals surface area contributed by atoms with Gasteiger partial charge in [0.15, 0.2) is 11.5 Å². The van der Waals surface area contributed by atoms with E-state index in [1.807, 2.05) is 44.2 Å². The van der Waals surface area contributed by atoms with Gasteiger partial charge in [-0.3, -0.25) is 9.69 Å². The highest BCUT2D eigenvalue weighted by Crippen LogP contribution is 2.39. The van der Waals surface area contributed by atoms with Crippen LogP contribution in [0.15, 0.2) is 45.8 Å². The van der Waals surface area contributed by atoms with Crippen LogP contribution in [0.25, 0.3) is 6.08 Å². The topological polar surface area (TPSA) is 38.8 Å². The standard InChI is InChI=1S/C22H22BrNO3S2/c1-4-24-21(25)19(29-22(24)28)12-16-10-17(23)20(18(11-16)26-5-2)27-13-15-8-6-14(3)7-9-15/h6-12H,4-5,13H2,1-3H3/b19-12+. The molecule has 2 aromatic rings. The summed E-state index contributed by atoms with van der Waals surface area (Å²) in [6.45, 7) is 7.42. The van der Waals surface area contributed by atoms with E-state index in [1.54, 1.807) is 4.90 Å². The molecule has 1 amide bonds. The SMILES string of the molecule is CCOc1cc(/C=C2/SC(=S)N(CC)C2=O)cc(Br)c1OCc1ccc(C)cc1. The maximum Gasteiger partial charge on any atom is 0.266 e. The molecule has 0 saturated carbocycles. The number of likely N-dealkylation sites (N-methyl/N-ethyl adjacent to an activating group) is 1. The van der Waals surface area contributed by atoms with Gasteiger partial charge >= 0.3 is 0 Å². The van der Waals surface area contributed by atoms with Crippen molar-refractivity contribution in [1.82, 2.24) is 4.90 Å². The molecule has 152 valence electrons. The fourth-order valence-corrected chi connectivity index (χ4v) is 4.80. The molecule has 0 aromatic heterocycles. The van der Waals surface area contributed by atoms with Crippen LogP contribution in [0.3, 0.4) is 0 Å². The van der Waals surface area contributed by atoms with Gasteiger partial charge in [-0.05, 0) is 66.0 Å². The maximum atomic E-state index is 12.5. The van der Waals surface area contributed by atoms with Crippen molar-refractivity contribution in [3.63, 3.8) is 0 Å². The minimum atomic E-state index is -0.0590. The number of aryl methyl sites for hydroxylation is 1. The van der Waals surface area contributed by atoms with Crippen molar-refractivity contribution in [3.8, 4) is 11.5 Å². The maximum absolute atomic E-state index is 12.5. The number of halogens is 1. The summed E-state index contributed by atoms with van der Waals surface area (Å²) in [7, 11) is 0. The highest BCUT2D eigenvalue weighted by Gasteiger charge is 2.30. The minimum absolute atomic E-state index is 0.0590. The zero-order chi connectivity index (χ0) is 21.0. The Labute approximate surface area is 189 Å². The van der Waals surface area contributed by atoms with Crippen LogP contribution in [0, 0.1) is 6.92 Å². The molecule has 1 saturated heterocycles. The summed E-state index contributed by atoms with van der Waals surface area (Å²) in [5.74, 6) is 1.22. The van der Waals surface area contributed by atoms with Crippen LogP contribution in [0.1, 0.15) is 30.5 Å². The lowest BCUT2D eigenvalue weighted by Gasteiger charge is -2.15. The largest absolute Gasteiger partial charge is 0.490 e. The van der Waals surface area contributed by atoms with Gasteiger partial charge in [0.05, 0.1) is 16.0 Å². The van der Waals surface area contributed by atoms with Crippen molar-refractivity contribution < 1.29 is 14.3 Å². The molecule has 3 rings (SSSR count). The first kappa shape index (κ1) is 21.9. The number of thioether (sulfide) groups is 1. The molecular formula is C22H22BrNO3S2. The summed E-state index contributed by atoms with van der Waals surface area (Å²) in [6, 6.07) is 12.0. The zero-order valence-electron chi connectivity index (χ0n) is 16.5. The van der Waals surface area contributed by atoms with Crippen LogP contribution in [-0.2, 0) is 11.4 Å². The number of carbonyl (C=O) groups excluding carboxylic acids is 1. The predicted octanol–water partition coefficient (Wildman–Crippen LogP) is 5.96. The smallest absolute Gasteiger partial charge is 0.266 e. The molecule has 7 heteroatoms. The molecule has 1 fully saturated rings. The molecule has 0 spiro atoms.